The molecule has 140 valence electrons. The van der Waals surface area contributed by atoms with Crippen LogP contribution in [0.4, 0.5) is 0 Å². The summed E-state index contributed by atoms with van der Waals surface area (Å²) in [6.07, 6.45) is 10.7. The predicted molar refractivity (Wildman–Crippen MR) is 109 cm³/mol. The Morgan fingerprint density at radius 1 is 0.885 bits per heavy atom. The smallest absolute Gasteiger partial charge is 1.00 e. The summed E-state index contributed by atoms with van der Waals surface area (Å²) in [6.45, 7) is 8.71. The van der Waals surface area contributed by atoms with Crippen LogP contribution in [0.2, 0.25) is 13.1 Å². The van der Waals surface area contributed by atoms with Crippen molar-refractivity contribution in [1.29, 1.82) is 0 Å². The minimum absolute atomic E-state index is 0. The van der Waals surface area contributed by atoms with E-state index in [0.29, 0.717) is 0 Å². The maximum absolute atomic E-state index is 5.93. The molecule has 2 heterocycles. The van der Waals surface area contributed by atoms with E-state index in [2.05, 4.69) is 37.4 Å². The Bertz CT molecular complexity index is 699. The Labute approximate surface area is 203 Å². The van der Waals surface area contributed by atoms with Crippen molar-refractivity contribution in [2.45, 2.75) is 26.9 Å². The van der Waals surface area contributed by atoms with E-state index in [1.54, 1.807) is 46.9 Å². The van der Waals surface area contributed by atoms with Gasteiger partial charge in [0.15, 0.2) is 0 Å². The van der Waals surface area contributed by atoms with E-state index in [1.165, 1.54) is 32.1 Å². The molecular formula is C18H18Cl4S2SiZr-2. The van der Waals surface area contributed by atoms with Gasteiger partial charge in [-0.3, -0.25) is 0 Å². The molecule has 8 heteroatoms. The second kappa shape index (κ2) is 12.9. The molecule has 26 heavy (non-hydrogen) atoms. The molecule has 0 saturated heterocycles. The van der Waals surface area contributed by atoms with Crippen LogP contribution in [0.5, 0.6) is 0 Å². The molecule has 0 fully saturated rings. The molecule has 0 spiro atoms. The zero-order chi connectivity index (χ0) is 17.9. The van der Waals surface area contributed by atoms with E-state index in [1.807, 2.05) is 13.8 Å². The van der Waals surface area contributed by atoms with Gasteiger partial charge in [-0.05, 0) is 10.1 Å². The molecule has 2 aliphatic carbocycles. The van der Waals surface area contributed by atoms with Crippen LogP contribution in [0.15, 0.2) is 54.3 Å². The largest absolute Gasteiger partial charge is 1.00 e. The second-order valence-corrected chi connectivity index (χ2v) is 18.0. The quantitative estimate of drug-likeness (QED) is 0.314. The first-order valence-corrected chi connectivity index (χ1v) is 16.4. The van der Waals surface area contributed by atoms with Gasteiger partial charge in [0.2, 0.25) is 0 Å². The summed E-state index contributed by atoms with van der Waals surface area (Å²) in [5.74, 6) is 1.87. The SMILES string of the molecule is CC1=CC2=C(Cl)CSC2=[C-]1.CC1=CC2=C(Cl)CSC2=[C-]1.C[Si](C)=[Zr+2].[Cl-].[Cl-]. The normalized spacial score (nSPS) is 18.8. The Hall–Kier alpha value is 1.40. The number of hydrogen-bond donors (Lipinski definition) is 0. The van der Waals surface area contributed by atoms with Crippen LogP contribution in [0.1, 0.15) is 13.8 Å². The third kappa shape index (κ3) is 8.03. The van der Waals surface area contributed by atoms with Crippen molar-refractivity contribution in [3.8, 4) is 0 Å². The molecule has 0 saturated carbocycles. The van der Waals surface area contributed by atoms with Crippen LogP contribution in [-0.2, 0) is 23.3 Å². The standard InChI is InChI=1S/2C8H6ClS.C2H6Si.2ClH.Zr/c2*1-5-2-6-7(9)4-10-8(6)3-5;1-3-2;;;/h2*2H,4H2,1H3;1-2H3;2*1H;/q2*-1;;;;+2/p-2. The molecule has 0 atom stereocenters. The van der Waals surface area contributed by atoms with E-state index < -0.39 is 0 Å². The number of hydrogen-bond acceptors (Lipinski definition) is 2. The predicted octanol–water partition coefficient (Wildman–Crippen LogP) is 0.538. The molecule has 4 rings (SSSR count). The summed E-state index contributed by atoms with van der Waals surface area (Å²) >= 11 is 17.1. The van der Waals surface area contributed by atoms with E-state index in [4.69, 9.17) is 23.2 Å². The van der Waals surface area contributed by atoms with Crippen LogP contribution < -0.4 is 24.8 Å². The van der Waals surface area contributed by atoms with Crippen LogP contribution in [0.25, 0.3) is 0 Å². The molecule has 0 radical (unpaired) electrons. The van der Waals surface area contributed by atoms with Crippen LogP contribution in [0, 0.1) is 12.2 Å². The van der Waals surface area contributed by atoms with Crippen molar-refractivity contribution in [2.75, 3.05) is 11.5 Å². The summed E-state index contributed by atoms with van der Waals surface area (Å²) in [5, 5.41) is 1.95. The Morgan fingerprint density at radius 2 is 1.19 bits per heavy atom. The number of rotatable bonds is 0. The number of fused-ring (bicyclic) bond motifs is 2. The molecule has 0 aromatic rings. The third-order valence-electron chi connectivity index (χ3n) is 3.10. The van der Waals surface area contributed by atoms with E-state index in [0.717, 1.165) is 21.6 Å². The molecule has 2 aliphatic heterocycles. The zero-order valence-corrected chi connectivity index (χ0v) is 23.0. The van der Waals surface area contributed by atoms with Gasteiger partial charge < -0.3 is 24.8 Å². The summed E-state index contributed by atoms with van der Waals surface area (Å²) in [4.78, 5) is 2.45. The van der Waals surface area contributed by atoms with Gasteiger partial charge in [0.1, 0.15) is 0 Å². The van der Waals surface area contributed by atoms with Gasteiger partial charge in [0.25, 0.3) is 0 Å². The average Bonchev–Trinajstić information content (AvgIpc) is 3.18. The number of halogens is 4. The van der Waals surface area contributed by atoms with Gasteiger partial charge in [-0.15, -0.1) is 67.7 Å². The second-order valence-electron chi connectivity index (χ2n) is 5.78. The zero-order valence-electron chi connectivity index (χ0n) is 14.9. The topological polar surface area (TPSA) is 0 Å². The fourth-order valence-electron chi connectivity index (χ4n) is 2.19. The van der Waals surface area contributed by atoms with Crippen molar-refractivity contribution in [1.82, 2.24) is 0 Å². The maximum atomic E-state index is 5.93. The Morgan fingerprint density at radius 3 is 1.46 bits per heavy atom. The fraction of sp³-hybridized carbons (Fsp3) is 0.333. The van der Waals surface area contributed by atoms with Gasteiger partial charge in [-0.25, -0.2) is 12.2 Å². The third-order valence-corrected chi connectivity index (χ3v) is 6.18. The fourth-order valence-corrected chi connectivity index (χ4v) is 4.92. The van der Waals surface area contributed by atoms with Crippen molar-refractivity contribution in [3.63, 3.8) is 0 Å². The van der Waals surface area contributed by atoms with Crippen LogP contribution in [-0.4, -0.2) is 16.9 Å². The van der Waals surface area contributed by atoms with Gasteiger partial charge in [-0.1, -0.05) is 13.8 Å². The van der Waals surface area contributed by atoms with Gasteiger partial charge in [0.05, 0.1) is 0 Å². The maximum Gasteiger partial charge on any atom is -1.00 e. The molecule has 0 nitrogen and oxygen atoms in total. The number of allylic oxidation sites excluding steroid dienone is 8. The van der Waals surface area contributed by atoms with Crippen molar-refractivity contribution in [2.24, 2.45) is 0 Å². The van der Waals surface area contributed by atoms with E-state index in [-0.39, 0.29) is 30.2 Å². The Balaban J connectivity index is 0.000000378. The molecule has 0 aromatic heterocycles. The first kappa shape index (κ1) is 27.4. The summed E-state index contributed by atoms with van der Waals surface area (Å²) in [7, 11) is 0. The molecule has 0 bridgehead atoms. The van der Waals surface area contributed by atoms with Gasteiger partial charge >= 0.3 is 41.9 Å². The average molecular weight is 560 g/mol. The minimum atomic E-state index is 0. The van der Waals surface area contributed by atoms with E-state index in [9.17, 15) is 0 Å². The molecule has 0 amide bonds. The first-order valence-electron chi connectivity index (χ1n) is 7.48. The first-order chi connectivity index (χ1) is 11.3. The summed E-state index contributed by atoms with van der Waals surface area (Å²) < 4.78 is 0. The van der Waals surface area contributed by atoms with Crippen molar-refractivity contribution >= 4 is 52.2 Å². The van der Waals surface area contributed by atoms with Crippen LogP contribution in [0.3, 0.4) is 0 Å². The van der Waals surface area contributed by atoms with E-state index >= 15 is 0 Å². The van der Waals surface area contributed by atoms with Crippen molar-refractivity contribution < 1.29 is 48.1 Å². The molecule has 0 aromatic carbocycles. The molecule has 0 unspecified atom stereocenters. The van der Waals surface area contributed by atoms with Crippen molar-refractivity contribution in [3.05, 3.63) is 66.5 Å². The summed E-state index contributed by atoms with van der Waals surface area (Å²) in [6, 6.07) is 0. The van der Waals surface area contributed by atoms with Crippen LogP contribution >= 0.6 is 46.7 Å². The van der Waals surface area contributed by atoms with Gasteiger partial charge in [0, 0.05) is 11.5 Å². The Kier molecular flexibility index (Phi) is 13.5. The minimum Gasteiger partial charge on any atom is -1.00 e. The monoisotopic (exact) mass is 556 g/mol. The molecule has 0 N–H and O–H groups in total. The van der Waals surface area contributed by atoms with Gasteiger partial charge in [-0.2, -0.15) is 23.3 Å². The molecule has 4 aliphatic rings. The number of thioether (sulfide) groups is 2. The molecular weight excluding hydrogens is 541 g/mol. The summed E-state index contributed by atoms with van der Waals surface area (Å²) in [5.41, 5.74) is 4.99.